The van der Waals surface area contributed by atoms with E-state index in [1.54, 1.807) is 18.2 Å². The van der Waals surface area contributed by atoms with E-state index in [9.17, 15) is 43.9 Å². The SMILES string of the molecule is CC(=O)NS(=O)(=O)c1cc(OCC(F)(F)F)c(NCC#Cc2sc3c(NC4CCN(C)CC4)cccc3c2CC(F)(F)F)cc1F. The van der Waals surface area contributed by atoms with Gasteiger partial charge in [-0.05, 0) is 50.0 Å². The molecule has 4 rings (SSSR count). The minimum atomic E-state index is -4.83. The van der Waals surface area contributed by atoms with Crippen LogP contribution in [0.4, 0.5) is 42.1 Å². The molecule has 0 spiro atoms. The van der Waals surface area contributed by atoms with Crippen LogP contribution in [0.25, 0.3) is 10.1 Å². The molecule has 0 saturated carbocycles. The Labute approximate surface area is 264 Å². The van der Waals surface area contributed by atoms with Crippen molar-refractivity contribution in [3.63, 3.8) is 0 Å². The highest BCUT2D eigenvalue weighted by Gasteiger charge is 2.32. The van der Waals surface area contributed by atoms with Crippen molar-refractivity contribution in [1.29, 1.82) is 0 Å². The van der Waals surface area contributed by atoms with Crippen LogP contribution >= 0.6 is 11.3 Å². The van der Waals surface area contributed by atoms with Gasteiger partial charge in [0.2, 0.25) is 5.91 Å². The Kier molecular flexibility index (Phi) is 10.6. The first-order chi connectivity index (χ1) is 21.4. The van der Waals surface area contributed by atoms with E-state index in [0.717, 1.165) is 44.2 Å². The first kappa shape index (κ1) is 35.1. The lowest BCUT2D eigenvalue weighted by molar-refractivity contribution is -0.153. The van der Waals surface area contributed by atoms with Crippen molar-refractivity contribution in [2.24, 2.45) is 0 Å². The molecule has 1 aromatic heterocycles. The van der Waals surface area contributed by atoms with Gasteiger partial charge in [0.05, 0.1) is 33.9 Å². The molecular weight excluding hydrogens is 665 g/mol. The highest BCUT2D eigenvalue weighted by molar-refractivity contribution is 7.90. The lowest BCUT2D eigenvalue weighted by Crippen LogP contribution is -2.36. The van der Waals surface area contributed by atoms with E-state index in [0.29, 0.717) is 27.9 Å². The number of carbonyl (C=O) groups is 1. The number of carbonyl (C=O) groups excluding carboxylic acids is 1. The molecule has 3 aromatic rings. The number of amides is 1. The van der Waals surface area contributed by atoms with Crippen molar-refractivity contribution in [3.05, 3.63) is 46.6 Å². The number of alkyl halides is 6. The third-order valence-electron chi connectivity index (χ3n) is 6.84. The maximum Gasteiger partial charge on any atom is 0.422 e. The summed E-state index contributed by atoms with van der Waals surface area (Å²) in [4.78, 5) is 12.4. The van der Waals surface area contributed by atoms with Gasteiger partial charge in [-0.2, -0.15) is 26.3 Å². The maximum atomic E-state index is 14.8. The fourth-order valence-electron chi connectivity index (χ4n) is 4.80. The summed E-state index contributed by atoms with van der Waals surface area (Å²) >= 11 is 1.07. The van der Waals surface area contributed by atoms with Gasteiger partial charge in [0.15, 0.2) is 6.61 Å². The van der Waals surface area contributed by atoms with E-state index in [1.165, 1.54) is 4.72 Å². The van der Waals surface area contributed by atoms with Gasteiger partial charge in [0.25, 0.3) is 10.0 Å². The second kappa shape index (κ2) is 13.9. The van der Waals surface area contributed by atoms with Crippen molar-refractivity contribution in [2.75, 3.05) is 43.9 Å². The monoisotopic (exact) mass is 694 g/mol. The van der Waals surface area contributed by atoms with Crippen LogP contribution in [0.3, 0.4) is 0 Å². The summed E-state index contributed by atoms with van der Waals surface area (Å²) in [6.07, 6.45) is -8.89. The van der Waals surface area contributed by atoms with Crippen LogP contribution in [0.15, 0.2) is 35.2 Å². The van der Waals surface area contributed by atoms with E-state index in [1.807, 2.05) is 7.05 Å². The average molecular weight is 695 g/mol. The molecule has 1 amide bonds. The van der Waals surface area contributed by atoms with Crippen molar-refractivity contribution in [3.8, 4) is 17.6 Å². The fourth-order valence-corrected chi connectivity index (χ4v) is 7.04. The number of likely N-dealkylation sites (tertiary alicyclic amines) is 1. The molecule has 1 aliphatic rings. The number of rotatable bonds is 9. The number of anilines is 2. The predicted octanol–water partition coefficient (Wildman–Crippen LogP) is 5.88. The van der Waals surface area contributed by atoms with E-state index >= 15 is 0 Å². The number of ether oxygens (including phenoxy) is 1. The van der Waals surface area contributed by atoms with Crippen molar-refractivity contribution >= 4 is 48.7 Å². The summed E-state index contributed by atoms with van der Waals surface area (Å²) < 4.78 is 126. The molecule has 0 radical (unpaired) electrons. The zero-order valence-electron chi connectivity index (χ0n) is 24.5. The topological polar surface area (TPSA) is 99.8 Å². The van der Waals surface area contributed by atoms with Gasteiger partial charge in [-0.15, -0.1) is 11.3 Å². The molecular formula is C29H29F7N4O4S2. The van der Waals surface area contributed by atoms with Gasteiger partial charge in [-0.3, -0.25) is 4.79 Å². The molecule has 8 nitrogen and oxygen atoms in total. The van der Waals surface area contributed by atoms with Crippen molar-refractivity contribution in [1.82, 2.24) is 9.62 Å². The van der Waals surface area contributed by atoms with Gasteiger partial charge >= 0.3 is 12.4 Å². The summed E-state index contributed by atoms with van der Waals surface area (Å²) in [5.74, 6) is 2.12. The summed E-state index contributed by atoms with van der Waals surface area (Å²) in [6.45, 7) is 0.355. The van der Waals surface area contributed by atoms with E-state index in [4.69, 9.17) is 4.74 Å². The number of nitrogens with one attached hydrogen (secondary N) is 3. The Hall–Kier alpha value is -3.75. The number of hydrogen-bond donors (Lipinski definition) is 3. The van der Waals surface area contributed by atoms with Crippen LogP contribution in [0.5, 0.6) is 5.75 Å². The minimum Gasteiger partial charge on any atom is -0.482 e. The van der Waals surface area contributed by atoms with E-state index < -0.39 is 63.5 Å². The Morgan fingerprint density at radius 3 is 2.41 bits per heavy atom. The number of halogens is 7. The molecule has 1 fully saturated rings. The first-order valence-electron chi connectivity index (χ1n) is 13.8. The maximum absolute atomic E-state index is 14.8. The van der Waals surface area contributed by atoms with Crippen molar-refractivity contribution in [2.45, 2.75) is 49.5 Å². The normalized spacial score (nSPS) is 14.9. The first-order valence-corrected chi connectivity index (χ1v) is 16.1. The fraction of sp³-hybridized carbons (Fsp3) is 0.414. The number of hydrogen-bond acceptors (Lipinski definition) is 8. The van der Waals surface area contributed by atoms with Gasteiger partial charge in [0.1, 0.15) is 16.5 Å². The Bertz CT molecular complexity index is 1760. The average Bonchev–Trinajstić information content (AvgIpc) is 3.27. The van der Waals surface area contributed by atoms with E-state index in [-0.39, 0.29) is 23.0 Å². The zero-order valence-corrected chi connectivity index (χ0v) is 26.1. The van der Waals surface area contributed by atoms with E-state index in [2.05, 4.69) is 27.4 Å². The third kappa shape index (κ3) is 9.39. The Balaban J connectivity index is 1.63. The van der Waals surface area contributed by atoms with Gasteiger partial charge in [-0.25, -0.2) is 17.5 Å². The molecule has 2 heterocycles. The lowest BCUT2D eigenvalue weighted by atomic mass is 10.0. The quantitative estimate of drug-likeness (QED) is 0.190. The molecule has 250 valence electrons. The predicted molar refractivity (Wildman–Crippen MR) is 160 cm³/mol. The van der Waals surface area contributed by atoms with Crippen LogP contribution in [0.2, 0.25) is 0 Å². The highest BCUT2D eigenvalue weighted by Crippen LogP contribution is 2.39. The summed E-state index contributed by atoms with van der Waals surface area (Å²) in [5, 5.41) is 6.36. The second-order valence-corrected chi connectivity index (χ2v) is 13.3. The molecule has 0 atom stereocenters. The Morgan fingerprint density at radius 2 is 1.78 bits per heavy atom. The molecule has 0 bridgehead atoms. The largest absolute Gasteiger partial charge is 0.482 e. The third-order valence-corrected chi connectivity index (χ3v) is 9.48. The number of sulfonamides is 1. The number of nitrogens with zero attached hydrogens (tertiary/aromatic N) is 1. The van der Waals surface area contributed by atoms with Gasteiger partial charge < -0.3 is 20.3 Å². The molecule has 17 heteroatoms. The minimum absolute atomic E-state index is 0.0280. The van der Waals surface area contributed by atoms with Gasteiger partial charge in [-0.1, -0.05) is 24.0 Å². The number of thiophene rings is 1. The molecule has 1 aliphatic heterocycles. The van der Waals surface area contributed by atoms with Crippen LogP contribution in [0, 0.1) is 17.7 Å². The second-order valence-electron chi connectivity index (χ2n) is 10.6. The summed E-state index contributed by atoms with van der Waals surface area (Å²) in [5.41, 5.74) is 0.247. The molecule has 0 aliphatic carbocycles. The van der Waals surface area contributed by atoms with Gasteiger partial charge in [0, 0.05) is 25.1 Å². The lowest BCUT2D eigenvalue weighted by Gasteiger charge is -2.30. The Morgan fingerprint density at radius 1 is 1.09 bits per heavy atom. The summed E-state index contributed by atoms with van der Waals surface area (Å²) in [6, 6.07) is 6.21. The number of benzene rings is 2. The van der Waals surface area contributed by atoms with Crippen LogP contribution < -0.4 is 20.1 Å². The molecule has 3 N–H and O–H groups in total. The molecule has 46 heavy (non-hydrogen) atoms. The van der Waals surface area contributed by atoms with Crippen molar-refractivity contribution < 1.29 is 48.7 Å². The summed E-state index contributed by atoms with van der Waals surface area (Å²) in [7, 11) is -2.77. The molecule has 1 saturated heterocycles. The van der Waals surface area contributed by atoms with Crippen LogP contribution in [0.1, 0.15) is 30.2 Å². The number of fused-ring (bicyclic) bond motifs is 1. The molecule has 0 unspecified atom stereocenters. The molecule has 2 aromatic carbocycles. The smallest absolute Gasteiger partial charge is 0.422 e. The zero-order chi connectivity index (χ0) is 33.9. The standard InChI is InChI=1S/C29H29F7N4O4S2/c1-17(41)39-46(42,43)26-14-24(44-16-29(34,35)36)23(13-21(26)30)37-10-4-7-25-20(15-28(31,32)33)19-5-3-6-22(27(19)45-25)38-18-8-11-40(2)12-9-18/h3,5-6,13-14,18,37-38H,8-12,15-16H2,1-2H3,(H,39,41). The van der Waals surface area contributed by atoms with Crippen LogP contribution in [-0.2, 0) is 21.2 Å². The van der Waals surface area contributed by atoms with Crippen LogP contribution in [-0.4, -0.2) is 70.9 Å². The highest BCUT2D eigenvalue weighted by atomic mass is 32.2. The number of piperidine rings is 1.